The number of fused-ring (bicyclic) bond motifs is 3. The number of nitrogens with zero attached hydrogens (tertiary/aromatic N) is 4. The third-order valence-corrected chi connectivity index (χ3v) is 8.03. The third-order valence-electron chi connectivity index (χ3n) is 8.03. The molecule has 39 heavy (non-hydrogen) atoms. The Balaban J connectivity index is 1.21. The van der Waals surface area contributed by atoms with Crippen LogP contribution in [-0.4, -0.2) is 28.3 Å². The Bertz CT molecular complexity index is 1500. The van der Waals surface area contributed by atoms with Gasteiger partial charge in [0.1, 0.15) is 5.60 Å². The highest BCUT2D eigenvalue weighted by Crippen LogP contribution is 2.43. The predicted molar refractivity (Wildman–Crippen MR) is 149 cm³/mol. The van der Waals surface area contributed by atoms with Gasteiger partial charge in [-0.2, -0.15) is 10.2 Å². The zero-order valence-corrected chi connectivity index (χ0v) is 22.9. The predicted octanol–water partition coefficient (Wildman–Crippen LogP) is 7.08. The summed E-state index contributed by atoms with van der Waals surface area (Å²) in [5.74, 6) is 1.23. The van der Waals surface area contributed by atoms with Gasteiger partial charge in [-0.3, -0.25) is 4.79 Å². The number of carbonyl (C=O) groups is 1. The van der Waals surface area contributed by atoms with Crippen molar-refractivity contribution in [3.63, 3.8) is 0 Å². The van der Waals surface area contributed by atoms with Crippen molar-refractivity contribution in [2.24, 2.45) is 0 Å². The van der Waals surface area contributed by atoms with Gasteiger partial charge in [0.05, 0.1) is 18.1 Å². The second kappa shape index (κ2) is 10.00. The molecule has 0 N–H and O–H groups in total. The van der Waals surface area contributed by atoms with E-state index in [1.807, 2.05) is 39.0 Å². The topological polar surface area (TPSA) is 92.2 Å². The largest absolute Gasteiger partial charge is 0.460 e. The second-order valence-corrected chi connectivity index (χ2v) is 11.9. The molecule has 1 aromatic heterocycles. The van der Waals surface area contributed by atoms with Crippen LogP contribution in [0, 0.1) is 11.3 Å². The lowest BCUT2D eigenvalue weighted by Crippen LogP contribution is -2.24. The van der Waals surface area contributed by atoms with Gasteiger partial charge in [0, 0.05) is 35.5 Å². The lowest BCUT2D eigenvalue weighted by Gasteiger charge is -2.22. The summed E-state index contributed by atoms with van der Waals surface area (Å²) >= 11 is 0. The van der Waals surface area contributed by atoms with Crippen molar-refractivity contribution in [3.05, 3.63) is 64.4 Å². The number of nitriles is 1. The highest BCUT2D eigenvalue weighted by Gasteiger charge is 2.33. The summed E-state index contributed by atoms with van der Waals surface area (Å²) in [5, 5.41) is 14.1. The van der Waals surface area contributed by atoms with Gasteiger partial charge in [-0.1, -0.05) is 30.5 Å². The number of benzene rings is 2. The van der Waals surface area contributed by atoms with Gasteiger partial charge in [0.2, 0.25) is 5.82 Å². The Kier molecular flexibility index (Phi) is 6.50. The minimum atomic E-state index is -0.481. The van der Waals surface area contributed by atoms with Gasteiger partial charge in [-0.25, -0.2) is 0 Å². The molecule has 1 aliphatic carbocycles. The van der Waals surface area contributed by atoms with E-state index in [9.17, 15) is 10.1 Å². The third kappa shape index (κ3) is 5.08. The van der Waals surface area contributed by atoms with Crippen molar-refractivity contribution >= 4 is 11.7 Å². The van der Waals surface area contributed by atoms with E-state index in [-0.39, 0.29) is 5.97 Å². The molecule has 3 aromatic rings. The molecule has 0 saturated heterocycles. The minimum absolute atomic E-state index is 0.172. The van der Waals surface area contributed by atoms with Gasteiger partial charge in [-0.05, 0) is 93.0 Å². The summed E-state index contributed by atoms with van der Waals surface area (Å²) in [7, 11) is 0. The average molecular weight is 523 g/mol. The second-order valence-electron chi connectivity index (χ2n) is 11.9. The Morgan fingerprint density at radius 2 is 1.92 bits per heavy atom. The van der Waals surface area contributed by atoms with Crippen LogP contribution in [0.4, 0.5) is 5.69 Å². The maximum Gasteiger partial charge on any atom is 0.310 e. The molecule has 0 atom stereocenters. The quantitative estimate of drug-likeness (QED) is 0.331. The Morgan fingerprint density at radius 1 is 1.13 bits per heavy atom. The molecule has 6 rings (SSSR count). The van der Waals surface area contributed by atoms with Crippen molar-refractivity contribution in [3.8, 4) is 28.9 Å². The first-order chi connectivity index (χ1) is 18.8. The van der Waals surface area contributed by atoms with Crippen LogP contribution in [0.2, 0.25) is 0 Å². The van der Waals surface area contributed by atoms with Crippen LogP contribution in [0.25, 0.3) is 22.8 Å². The molecule has 0 spiro atoms. The number of anilines is 1. The lowest BCUT2D eigenvalue weighted by atomic mass is 9.82. The van der Waals surface area contributed by atoms with Gasteiger partial charge < -0.3 is 14.2 Å². The molecule has 1 saturated carbocycles. The van der Waals surface area contributed by atoms with Gasteiger partial charge in [0.25, 0.3) is 5.89 Å². The number of esters is 1. The monoisotopic (exact) mass is 522 g/mol. The highest BCUT2D eigenvalue weighted by atomic mass is 16.6. The molecule has 3 aliphatic rings. The maximum absolute atomic E-state index is 12.5. The van der Waals surface area contributed by atoms with E-state index in [0.717, 1.165) is 54.5 Å². The summed E-state index contributed by atoms with van der Waals surface area (Å²) < 4.78 is 11.2. The molecule has 7 heteroatoms. The van der Waals surface area contributed by atoms with Gasteiger partial charge in [-0.15, -0.1) is 0 Å². The van der Waals surface area contributed by atoms with Crippen LogP contribution < -0.4 is 4.90 Å². The fourth-order valence-corrected chi connectivity index (χ4v) is 6.27. The number of rotatable bonds is 5. The molecule has 0 bridgehead atoms. The van der Waals surface area contributed by atoms with Crippen LogP contribution in [0.15, 0.2) is 52.2 Å². The molecule has 7 nitrogen and oxygen atoms in total. The first kappa shape index (κ1) is 25.4. The van der Waals surface area contributed by atoms with Crippen LogP contribution in [0.1, 0.15) is 88.3 Å². The highest BCUT2D eigenvalue weighted by molar-refractivity contribution is 5.77. The molecule has 3 heterocycles. The number of hydrogen-bond donors (Lipinski definition) is 0. The van der Waals surface area contributed by atoms with Crippen molar-refractivity contribution in [2.75, 3.05) is 11.4 Å². The molecule has 0 unspecified atom stereocenters. The van der Waals surface area contributed by atoms with Crippen LogP contribution in [0.5, 0.6) is 0 Å². The Morgan fingerprint density at radius 3 is 2.69 bits per heavy atom. The molecule has 1 fully saturated rings. The number of ether oxygens (including phenoxy) is 1. The van der Waals surface area contributed by atoms with Crippen molar-refractivity contribution in [1.29, 1.82) is 5.26 Å². The summed E-state index contributed by atoms with van der Waals surface area (Å²) in [5.41, 5.74) is 7.76. The van der Waals surface area contributed by atoms with E-state index >= 15 is 0 Å². The molecule has 0 amide bonds. The number of aromatic nitrogens is 2. The van der Waals surface area contributed by atoms with Crippen LogP contribution >= 0.6 is 0 Å². The lowest BCUT2D eigenvalue weighted by molar-refractivity contribution is -0.153. The van der Waals surface area contributed by atoms with E-state index in [1.54, 1.807) is 0 Å². The van der Waals surface area contributed by atoms with Gasteiger partial charge in [0.15, 0.2) is 0 Å². The molecule has 200 valence electrons. The summed E-state index contributed by atoms with van der Waals surface area (Å²) in [6, 6.07) is 14.6. The van der Waals surface area contributed by atoms with Gasteiger partial charge >= 0.3 is 5.97 Å². The molecular formula is C32H34N4O3. The Labute approximate surface area is 229 Å². The fourth-order valence-electron chi connectivity index (χ4n) is 6.27. The van der Waals surface area contributed by atoms with E-state index in [1.165, 1.54) is 36.2 Å². The summed E-state index contributed by atoms with van der Waals surface area (Å²) in [4.78, 5) is 19.5. The van der Waals surface area contributed by atoms with E-state index in [0.29, 0.717) is 29.6 Å². The standard InChI is InChI=1S/C32H34N4O3/c1-32(2,3)38-29(37)18-21-13-14-36-27-12-10-22(15-24(27)17-28(21)36)30-34-31(39-35-30)23-9-11-26(25(16-23)19-33)20-7-5-4-6-8-20/h9-12,15-16,20H,4-8,13-14,17-18H2,1-3H3. The maximum atomic E-state index is 12.5. The van der Waals surface area contributed by atoms with Crippen molar-refractivity contribution in [1.82, 2.24) is 10.1 Å². The van der Waals surface area contributed by atoms with E-state index in [4.69, 9.17) is 9.26 Å². The molecule has 2 aliphatic heterocycles. The summed E-state index contributed by atoms with van der Waals surface area (Å²) in [6.07, 6.45) is 8.03. The minimum Gasteiger partial charge on any atom is -0.460 e. The number of allylic oxidation sites excluding steroid dienone is 1. The van der Waals surface area contributed by atoms with E-state index in [2.05, 4.69) is 39.3 Å². The summed E-state index contributed by atoms with van der Waals surface area (Å²) in [6.45, 7) is 6.57. The Hall–Kier alpha value is -3.92. The SMILES string of the molecule is CC(C)(C)OC(=O)CC1=C2Cc3cc(-c4noc(-c5ccc(C6CCCCC6)c(C#N)c5)n4)ccc3N2CC1. The zero-order chi connectivity index (χ0) is 27.1. The normalized spacial score (nSPS) is 17.2. The first-order valence-electron chi connectivity index (χ1n) is 14.0. The molecular weight excluding hydrogens is 488 g/mol. The van der Waals surface area contributed by atoms with Crippen molar-refractivity contribution in [2.45, 2.75) is 83.7 Å². The fraction of sp³-hybridized carbons (Fsp3) is 0.438. The number of hydrogen-bond acceptors (Lipinski definition) is 7. The van der Waals surface area contributed by atoms with Crippen molar-refractivity contribution < 1.29 is 14.1 Å². The van der Waals surface area contributed by atoms with Crippen LogP contribution in [-0.2, 0) is 16.0 Å². The molecule has 0 radical (unpaired) electrons. The smallest absolute Gasteiger partial charge is 0.310 e. The zero-order valence-electron chi connectivity index (χ0n) is 22.9. The first-order valence-corrected chi connectivity index (χ1v) is 14.0. The van der Waals surface area contributed by atoms with Crippen LogP contribution in [0.3, 0.4) is 0 Å². The number of carbonyl (C=O) groups excluding carboxylic acids is 1. The van der Waals surface area contributed by atoms with E-state index < -0.39 is 5.60 Å². The molecule has 2 aromatic carbocycles. The average Bonchev–Trinajstić information content (AvgIpc) is 3.64.